The monoisotopic (exact) mass is 313 g/mol. The van der Waals surface area contributed by atoms with Crippen LogP contribution in [0.2, 0.25) is 0 Å². The highest BCUT2D eigenvalue weighted by atomic mass is 19.4. The number of aliphatic hydroxyl groups excluding tert-OH is 1. The third-order valence-electron chi connectivity index (χ3n) is 2.82. The molecule has 9 nitrogen and oxygen atoms in total. The number of piperidine rings is 1. The Bertz CT molecular complexity index is 451. The van der Waals surface area contributed by atoms with Gasteiger partial charge >= 0.3 is 18.1 Å². The van der Waals surface area contributed by atoms with Gasteiger partial charge in [0.05, 0.1) is 12.0 Å². The summed E-state index contributed by atoms with van der Waals surface area (Å²) in [7, 11) is 0. The van der Waals surface area contributed by atoms with Crippen molar-refractivity contribution in [3.05, 3.63) is 0 Å². The molecular weight excluding hydrogens is 299 g/mol. The Hall–Kier alpha value is -2.08. The molecule has 1 aliphatic rings. The molecule has 4 atom stereocenters. The van der Waals surface area contributed by atoms with Crippen molar-refractivity contribution in [1.29, 1.82) is 0 Å². The zero-order chi connectivity index (χ0) is 16.4. The Morgan fingerprint density at radius 2 is 1.90 bits per heavy atom. The topological polar surface area (TPSA) is 163 Å². The number of carbonyl (C=O) groups excluding carboxylic acids is 1. The number of nitrogens with zero attached hydrogens (tertiary/aromatic N) is 1. The van der Waals surface area contributed by atoms with Gasteiger partial charge in [-0.3, -0.25) is 14.9 Å². The van der Waals surface area contributed by atoms with Crippen LogP contribution in [-0.4, -0.2) is 59.1 Å². The summed E-state index contributed by atoms with van der Waals surface area (Å²) in [6, 6.07) is -1.40. The Morgan fingerprint density at radius 1 is 1.33 bits per heavy atom. The quantitative estimate of drug-likeness (QED) is 0.244. The number of aliphatic imine (C=N–C) groups is 1. The SMILES string of the molecule is NC(N)=N[C@@H]1[C@H](O)[C@@H](NC(=O)C(F)(F)F)NC[C@H]1C(=O)O. The fourth-order valence-corrected chi connectivity index (χ4v) is 1.86. The van der Waals surface area contributed by atoms with Crippen LogP contribution >= 0.6 is 0 Å². The predicted molar refractivity (Wildman–Crippen MR) is 62.7 cm³/mol. The Balaban J connectivity index is 2.91. The molecule has 1 saturated heterocycles. The van der Waals surface area contributed by atoms with E-state index in [1.54, 1.807) is 0 Å². The van der Waals surface area contributed by atoms with Crippen molar-refractivity contribution in [3.8, 4) is 0 Å². The van der Waals surface area contributed by atoms with E-state index in [0.717, 1.165) is 0 Å². The van der Waals surface area contributed by atoms with Gasteiger partial charge in [-0.2, -0.15) is 13.2 Å². The molecule has 8 N–H and O–H groups in total. The number of guanidine groups is 1. The summed E-state index contributed by atoms with van der Waals surface area (Å²) in [5.74, 6) is -5.43. The molecule has 0 aromatic heterocycles. The molecular formula is C9H14F3N5O4. The molecule has 0 aliphatic carbocycles. The highest BCUT2D eigenvalue weighted by Gasteiger charge is 2.46. The van der Waals surface area contributed by atoms with Crippen LogP contribution in [0.25, 0.3) is 0 Å². The van der Waals surface area contributed by atoms with Crippen LogP contribution in [0, 0.1) is 5.92 Å². The molecule has 1 rings (SSSR count). The van der Waals surface area contributed by atoms with Gasteiger partial charge in [-0.05, 0) is 0 Å². The van der Waals surface area contributed by atoms with Gasteiger partial charge in [0.25, 0.3) is 0 Å². The van der Waals surface area contributed by atoms with E-state index >= 15 is 0 Å². The number of nitrogens with two attached hydrogens (primary N) is 2. The van der Waals surface area contributed by atoms with Crippen LogP contribution in [-0.2, 0) is 9.59 Å². The lowest BCUT2D eigenvalue weighted by Gasteiger charge is -2.37. The molecule has 0 bridgehead atoms. The number of hydrogen-bond acceptors (Lipinski definition) is 5. The molecule has 0 aromatic rings. The van der Waals surface area contributed by atoms with Crippen molar-refractivity contribution < 1.29 is 33.0 Å². The number of rotatable bonds is 3. The number of halogens is 3. The lowest BCUT2D eigenvalue weighted by molar-refractivity contribution is -0.176. The molecule has 0 spiro atoms. The third kappa shape index (κ3) is 4.19. The molecule has 1 aliphatic heterocycles. The van der Waals surface area contributed by atoms with Gasteiger partial charge in [0, 0.05) is 6.54 Å². The minimum Gasteiger partial charge on any atom is -0.481 e. The van der Waals surface area contributed by atoms with Crippen LogP contribution < -0.4 is 22.1 Å². The molecule has 1 amide bonds. The third-order valence-corrected chi connectivity index (χ3v) is 2.82. The van der Waals surface area contributed by atoms with Gasteiger partial charge in [0.1, 0.15) is 12.3 Å². The van der Waals surface area contributed by atoms with Crippen molar-refractivity contribution in [2.75, 3.05) is 6.54 Å². The van der Waals surface area contributed by atoms with Crippen LogP contribution in [0.5, 0.6) is 0 Å². The highest BCUT2D eigenvalue weighted by molar-refractivity contribution is 5.82. The zero-order valence-corrected chi connectivity index (χ0v) is 10.5. The van der Waals surface area contributed by atoms with Gasteiger partial charge in [0.15, 0.2) is 5.96 Å². The molecule has 21 heavy (non-hydrogen) atoms. The molecule has 120 valence electrons. The summed E-state index contributed by atoms with van der Waals surface area (Å²) in [6.07, 6.45) is -8.44. The Kier molecular flexibility index (Phi) is 4.96. The minimum absolute atomic E-state index is 0.337. The normalized spacial score (nSPS) is 29.5. The van der Waals surface area contributed by atoms with Crippen LogP contribution in [0.1, 0.15) is 0 Å². The average molecular weight is 313 g/mol. The van der Waals surface area contributed by atoms with E-state index in [-0.39, 0.29) is 6.54 Å². The number of carboxylic acids is 1. The Labute approximate surface area is 116 Å². The van der Waals surface area contributed by atoms with Gasteiger partial charge in [0.2, 0.25) is 0 Å². The van der Waals surface area contributed by atoms with E-state index in [4.69, 9.17) is 16.6 Å². The fraction of sp³-hybridized carbons (Fsp3) is 0.667. The second-order valence-electron chi connectivity index (χ2n) is 4.34. The largest absolute Gasteiger partial charge is 0.481 e. The summed E-state index contributed by atoms with van der Waals surface area (Å²) in [6.45, 7) is -0.337. The number of alkyl halides is 3. The number of aliphatic hydroxyl groups is 1. The van der Waals surface area contributed by atoms with Gasteiger partial charge in [-0.25, -0.2) is 4.99 Å². The minimum atomic E-state index is -5.14. The van der Waals surface area contributed by atoms with E-state index < -0.39 is 48.2 Å². The van der Waals surface area contributed by atoms with E-state index in [0.29, 0.717) is 0 Å². The van der Waals surface area contributed by atoms with E-state index in [2.05, 4.69) is 10.3 Å². The molecule has 0 aromatic carbocycles. The van der Waals surface area contributed by atoms with Crippen molar-refractivity contribution in [3.63, 3.8) is 0 Å². The molecule has 0 saturated carbocycles. The highest BCUT2D eigenvalue weighted by Crippen LogP contribution is 2.21. The first-order valence-electron chi connectivity index (χ1n) is 5.64. The van der Waals surface area contributed by atoms with Crippen LogP contribution in [0.15, 0.2) is 4.99 Å². The maximum Gasteiger partial charge on any atom is 0.471 e. The number of carboxylic acid groups (broad SMARTS) is 1. The van der Waals surface area contributed by atoms with Gasteiger partial charge in [-0.1, -0.05) is 0 Å². The zero-order valence-electron chi connectivity index (χ0n) is 10.5. The fourth-order valence-electron chi connectivity index (χ4n) is 1.86. The molecule has 1 heterocycles. The van der Waals surface area contributed by atoms with Gasteiger partial charge < -0.3 is 27.0 Å². The summed E-state index contributed by atoms with van der Waals surface area (Å²) in [5.41, 5.74) is 10.2. The van der Waals surface area contributed by atoms with Crippen molar-refractivity contribution in [1.82, 2.24) is 10.6 Å². The predicted octanol–water partition coefficient (Wildman–Crippen LogP) is -2.70. The van der Waals surface area contributed by atoms with E-state index in [1.165, 1.54) is 5.32 Å². The van der Waals surface area contributed by atoms with Crippen molar-refractivity contribution in [2.24, 2.45) is 22.4 Å². The lowest BCUT2D eigenvalue weighted by Crippen LogP contribution is -2.65. The van der Waals surface area contributed by atoms with Gasteiger partial charge in [-0.15, -0.1) is 0 Å². The second kappa shape index (κ2) is 6.13. The number of aliphatic carboxylic acids is 1. The summed E-state index contributed by atoms with van der Waals surface area (Å²) in [4.78, 5) is 25.4. The van der Waals surface area contributed by atoms with Crippen molar-refractivity contribution in [2.45, 2.75) is 24.5 Å². The first-order chi connectivity index (χ1) is 9.54. The second-order valence-corrected chi connectivity index (χ2v) is 4.34. The smallest absolute Gasteiger partial charge is 0.471 e. The standard InChI is InChI=1S/C9H14F3N5O4/c10-9(11,12)7(21)17-5-4(18)3(16-8(13)14)2(1-15-5)6(19)20/h2-5,15,18H,1H2,(H,17,21)(H,19,20)(H4,13,14,16)/t2-,3+,4+,5-/m1/s1. The number of hydrogen-bond donors (Lipinski definition) is 6. The van der Waals surface area contributed by atoms with E-state index in [9.17, 15) is 27.9 Å². The summed E-state index contributed by atoms with van der Waals surface area (Å²) >= 11 is 0. The summed E-state index contributed by atoms with van der Waals surface area (Å²) in [5, 5.41) is 22.6. The number of amides is 1. The average Bonchev–Trinajstić information content (AvgIpc) is 2.31. The number of carbonyl (C=O) groups is 2. The molecule has 12 heteroatoms. The molecule has 0 radical (unpaired) electrons. The first kappa shape index (κ1) is 17.0. The maximum absolute atomic E-state index is 12.2. The lowest BCUT2D eigenvalue weighted by atomic mass is 9.89. The molecule has 1 fully saturated rings. The van der Waals surface area contributed by atoms with Crippen LogP contribution in [0.4, 0.5) is 13.2 Å². The van der Waals surface area contributed by atoms with E-state index in [1.807, 2.05) is 0 Å². The van der Waals surface area contributed by atoms with Crippen LogP contribution in [0.3, 0.4) is 0 Å². The first-order valence-corrected chi connectivity index (χ1v) is 5.64. The Morgan fingerprint density at radius 3 is 2.33 bits per heavy atom. The molecule has 0 unspecified atom stereocenters. The summed E-state index contributed by atoms with van der Waals surface area (Å²) < 4.78 is 36.5. The van der Waals surface area contributed by atoms with Crippen molar-refractivity contribution >= 4 is 17.8 Å². The maximum atomic E-state index is 12.2. The number of nitrogens with one attached hydrogen (secondary N) is 2.